The molecule has 0 bridgehead atoms. The van der Waals surface area contributed by atoms with E-state index >= 15 is 0 Å². The molecule has 0 unspecified atom stereocenters. The minimum absolute atomic E-state index is 0.0145. The van der Waals surface area contributed by atoms with E-state index in [-0.39, 0.29) is 23.5 Å². The summed E-state index contributed by atoms with van der Waals surface area (Å²) >= 11 is 0. The zero-order chi connectivity index (χ0) is 26.7. The zero-order valence-electron chi connectivity index (χ0n) is 22.6. The van der Waals surface area contributed by atoms with E-state index in [1.165, 1.54) is 0 Å². The molecule has 8 nitrogen and oxygen atoms in total. The maximum atomic E-state index is 12.5. The Bertz CT molecular complexity index is 1270. The van der Waals surface area contributed by atoms with E-state index < -0.39 is 12.0 Å². The highest BCUT2D eigenvalue weighted by atomic mass is 16.5. The molecule has 0 spiro atoms. The smallest absolute Gasteiger partial charge is 0.311 e. The number of carbonyl (C=O) groups excluding carboxylic acids is 1. The largest absolute Gasteiger partial charge is 0.465 e. The van der Waals surface area contributed by atoms with Crippen molar-refractivity contribution in [1.82, 2.24) is 14.1 Å². The van der Waals surface area contributed by atoms with Crippen LogP contribution in [0.1, 0.15) is 57.2 Å². The van der Waals surface area contributed by atoms with Crippen LogP contribution < -0.4 is 5.56 Å². The fourth-order valence-corrected chi connectivity index (χ4v) is 5.05. The monoisotopic (exact) mass is 509 g/mol. The van der Waals surface area contributed by atoms with Crippen LogP contribution in [0.2, 0.25) is 0 Å². The number of aryl methyl sites for hydroxylation is 3. The lowest BCUT2D eigenvalue weighted by molar-refractivity contribution is -0.153. The molecule has 1 aliphatic heterocycles. The van der Waals surface area contributed by atoms with Crippen LogP contribution in [0.4, 0.5) is 0 Å². The first-order valence-corrected chi connectivity index (χ1v) is 13.3. The van der Waals surface area contributed by atoms with E-state index in [1.54, 1.807) is 18.5 Å². The molecule has 8 heteroatoms. The lowest BCUT2D eigenvalue weighted by Gasteiger charge is -2.26. The Hall–Kier alpha value is -2.97. The van der Waals surface area contributed by atoms with Crippen LogP contribution in [-0.2, 0) is 27.7 Å². The van der Waals surface area contributed by atoms with E-state index in [1.807, 2.05) is 33.0 Å². The summed E-state index contributed by atoms with van der Waals surface area (Å²) in [5.74, 6) is 0.174. The molecule has 1 N–H and O–H groups in total. The second-order valence-electron chi connectivity index (χ2n) is 10.7. The minimum Gasteiger partial charge on any atom is -0.465 e. The van der Waals surface area contributed by atoms with Gasteiger partial charge < -0.3 is 23.7 Å². The summed E-state index contributed by atoms with van der Waals surface area (Å²) in [6.07, 6.45) is 3.99. The standard InChI is InChI=1S/C29H39N3O5/c1-18(2)17-37-29(35)24(20(4)33)8-6-21-7-9-26-25(15-21)30-27(32(26)23-10-12-36-13-11-23)22-14-19(3)28(34)31(5)16-22/h7,9,14-16,18,20,23-24,33H,6,8,10-13,17H2,1-5H3/t20-,24+/m1/s1. The maximum absolute atomic E-state index is 12.5. The van der Waals surface area contributed by atoms with Gasteiger partial charge in [-0.05, 0) is 69.2 Å². The van der Waals surface area contributed by atoms with Crippen molar-refractivity contribution in [3.05, 3.63) is 51.9 Å². The topological polar surface area (TPSA) is 95.6 Å². The van der Waals surface area contributed by atoms with Gasteiger partial charge in [-0.1, -0.05) is 19.9 Å². The fraction of sp³-hybridized carbons (Fsp3) is 0.552. The van der Waals surface area contributed by atoms with Crippen molar-refractivity contribution in [2.75, 3.05) is 19.8 Å². The van der Waals surface area contributed by atoms with Crippen LogP contribution in [0.15, 0.2) is 35.3 Å². The van der Waals surface area contributed by atoms with Gasteiger partial charge in [-0.2, -0.15) is 0 Å². The lowest BCUT2D eigenvalue weighted by Crippen LogP contribution is -2.29. The molecule has 1 fully saturated rings. The first kappa shape index (κ1) is 27.1. The molecule has 0 radical (unpaired) electrons. The average molecular weight is 510 g/mol. The number of benzene rings is 1. The second-order valence-corrected chi connectivity index (χ2v) is 10.7. The van der Waals surface area contributed by atoms with Crippen LogP contribution in [-0.4, -0.2) is 51.1 Å². The third kappa shape index (κ3) is 6.13. The Morgan fingerprint density at radius 1 is 1.22 bits per heavy atom. The fourth-order valence-electron chi connectivity index (χ4n) is 5.05. The molecule has 3 aromatic rings. The van der Waals surface area contributed by atoms with E-state index in [0.29, 0.717) is 38.2 Å². The van der Waals surface area contributed by atoms with E-state index in [4.69, 9.17) is 14.5 Å². The van der Waals surface area contributed by atoms with Crippen molar-refractivity contribution < 1.29 is 19.4 Å². The Kier molecular flexibility index (Phi) is 8.49. The number of hydrogen-bond donors (Lipinski definition) is 1. The van der Waals surface area contributed by atoms with Gasteiger partial charge in [0.1, 0.15) is 5.82 Å². The van der Waals surface area contributed by atoms with E-state index in [2.05, 4.69) is 22.8 Å². The highest BCUT2D eigenvalue weighted by molar-refractivity contribution is 5.81. The number of aromatic nitrogens is 3. The van der Waals surface area contributed by atoms with Crippen molar-refractivity contribution in [3.63, 3.8) is 0 Å². The van der Waals surface area contributed by atoms with Crippen LogP contribution in [0.5, 0.6) is 0 Å². The summed E-state index contributed by atoms with van der Waals surface area (Å²) in [7, 11) is 1.77. The maximum Gasteiger partial charge on any atom is 0.311 e. The van der Waals surface area contributed by atoms with Gasteiger partial charge in [0.2, 0.25) is 0 Å². The summed E-state index contributed by atoms with van der Waals surface area (Å²) < 4.78 is 14.9. The van der Waals surface area contributed by atoms with Gasteiger partial charge in [0.25, 0.3) is 5.56 Å². The molecule has 0 saturated carbocycles. The third-order valence-corrected chi connectivity index (χ3v) is 7.12. The first-order valence-electron chi connectivity index (χ1n) is 13.3. The molecule has 200 valence electrons. The molecule has 2 aromatic heterocycles. The molecular formula is C29H39N3O5. The number of pyridine rings is 1. The lowest BCUT2D eigenvalue weighted by atomic mass is 9.95. The number of aliphatic hydroxyl groups is 1. The van der Waals surface area contributed by atoms with Crippen molar-refractivity contribution in [2.24, 2.45) is 18.9 Å². The van der Waals surface area contributed by atoms with Gasteiger partial charge in [-0.25, -0.2) is 4.98 Å². The normalized spacial score (nSPS) is 16.3. The number of hydrogen-bond acceptors (Lipinski definition) is 6. The predicted molar refractivity (Wildman–Crippen MR) is 144 cm³/mol. The number of fused-ring (bicyclic) bond motifs is 1. The van der Waals surface area contributed by atoms with Crippen molar-refractivity contribution in [2.45, 2.75) is 65.5 Å². The Balaban J connectivity index is 1.66. The first-order chi connectivity index (χ1) is 17.7. The van der Waals surface area contributed by atoms with Gasteiger partial charge in [0.05, 0.1) is 29.7 Å². The average Bonchev–Trinajstić information content (AvgIpc) is 3.25. The molecule has 1 aliphatic rings. The summed E-state index contributed by atoms with van der Waals surface area (Å²) in [5, 5.41) is 10.2. The van der Waals surface area contributed by atoms with Crippen molar-refractivity contribution in [1.29, 1.82) is 0 Å². The van der Waals surface area contributed by atoms with Gasteiger partial charge in [-0.3, -0.25) is 9.59 Å². The second kappa shape index (κ2) is 11.6. The third-order valence-electron chi connectivity index (χ3n) is 7.12. The zero-order valence-corrected chi connectivity index (χ0v) is 22.6. The summed E-state index contributed by atoms with van der Waals surface area (Å²) in [4.78, 5) is 29.9. The van der Waals surface area contributed by atoms with Gasteiger partial charge in [0, 0.05) is 43.6 Å². The predicted octanol–water partition coefficient (Wildman–Crippen LogP) is 4.19. The molecule has 4 rings (SSSR count). The molecule has 0 amide bonds. The van der Waals surface area contributed by atoms with Crippen LogP contribution in [0, 0.1) is 18.8 Å². The van der Waals surface area contributed by atoms with E-state index in [9.17, 15) is 14.7 Å². The van der Waals surface area contributed by atoms with Gasteiger partial charge in [-0.15, -0.1) is 0 Å². The number of ether oxygens (including phenoxy) is 2. The number of carbonyl (C=O) groups is 1. The minimum atomic E-state index is -0.782. The number of rotatable bonds is 9. The van der Waals surface area contributed by atoms with Gasteiger partial charge in [0.15, 0.2) is 0 Å². The molecule has 1 aromatic carbocycles. The van der Waals surface area contributed by atoms with Crippen molar-refractivity contribution in [3.8, 4) is 11.4 Å². The van der Waals surface area contributed by atoms with Gasteiger partial charge >= 0.3 is 5.97 Å². The summed E-state index contributed by atoms with van der Waals surface area (Å²) in [6.45, 7) is 9.22. The Labute approximate surface area is 218 Å². The van der Waals surface area contributed by atoms with E-state index in [0.717, 1.165) is 40.8 Å². The SMILES string of the molecule is Cc1cc(-c2nc3cc(CC[C@H](C(=O)OCC(C)C)[C@@H](C)O)ccc3n2C2CCOCC2)cn(C)c1=O. The number of nitrogens with zero attached hydrogens (tertiary/aromatic N) is 3. The number of aliphatic hydroxyl groups excluding tert-OH is 1. The number of imidazole rings is 1. The molecule has 1 saturated heterocycles. The van der Waals surface area contributed by atoms with Crippen LogP contribution in [0.25, 0.3) is 22.4 Å². The molecule has 3 heterocycles. The van der Waals surface area contributed by atoms with Crippen LogP contribution >= 0.6 is 0 Å². The highest BCUT2D eigenvalue weighted by Gasteiger charge is 2.26. The number of esters is 1. The molecule has 2 atom stereocenters. The summed E-state index contributed by atoms with van der Waals surface area (Å²) in [6, 6.07) is 8.42. The molecule has 0 aliphatic carbocycles. The Morgan fingerprint density at radius 3 is 2.59 bits per heavy atom. The van der Waals surface area contributed by atoms with Crippen LogP contribution in [0.3, 0.4) is 0 Å². The molecular weight excluding hydrogens is 470 g/mol. The highest BCUT2D eigenvalue weighted by Crippen LogP contribution is 2.33. The quantitative estimate of drug-likeness (QED) is 0.435. The van der Waals surface area contributed by atoms with Crippen molar-refractivity contribution >= 4 is 17.0 Å². The Morgan fingerprint density at radius 2 is 1.95 bits per heavy atom. The summed E-state index contributed by atoms with van der Waals surface area (Å²) in [5.41, 5.74) is 4.54. The molecule has 37 heavy (non-hydrogen) atoms.